The number of Topliss-reactive ketones (excluding diaryl/α,β-unsaturated/α-hetero) is 1. The van der Waals surface area contributed by atoms with E-state index in [0.717, 1.165) is 34.4 Å². The first kappa shape index (κ1) is 94.7. The molecule has 16 N–H and O–H groups in total. The zero-order valence-electron chi connectivity index (χ0n) is 58.3. The molecule has 0 spiro atoms. The molecule has 56 heteroatoms. The number of phosphoric ester groups is 6. The molecule has 2 fully saturated rings. The van der Waals surface area contributed by atoms with Gasteiger partial charge >= 0.3 is 0 Å². The Kier molecular flexibility index (Phi) is 34.8. The van der Waals surface area contributed by atoms with E-state index in [1.807, 2.05) is 0 Å². The van der Waals surface area contributed by atoms with Gasteiger partial charge in [0, 0.05) is 62.2 Å². The van der Waals surface area contributed by atoms with Crippen LogP contribution in [-0.2, 0) is 96.6 Å². The van der Waals surface area contributed by atoms with Gasteiger partial charge in [-0.05, 0) is 32.8 Å². The highest BCUT2D eigenvalue weighted by Crippen LogP contribution is 2.58. The Balaban J connectivity index is 0.000000452. The number of amides is 4. The Hall–Kier alpha value is -5.63. The molecule has 2 saturated heterocycles. The van der Waals surface area contributed by atoms with Gasteiger partial charge in [0.25, 0.3) is 31.3 Å². The fraction of sp³-hybridized carbons (Fsp3) is 0.673. The number of aliphatic hydroxyl groups is 6. The number of fused-ring (bicyclic) bond motifs is 2. The molecule has 2 aliphatic heterocycles. The molecule has 6 rings (SSSR count). The molecule has 0 aliphatic carbocycles. The first-order chi connectivity index (χ1) is 49.3. The van der Waals surface area contributed by atoms with Crippen molar-refractivity contribution in [3.05, 3.63) is 37.0 Å². The summed E-state index contributed by atoms with van der Waals surface area (Å²) in [6.07, 6.45) is -15.0. The van der Waals surface area contributed by atoms with Crippen LogP contribution in [-0.4, -0.2) is 218 Å². The third-order valence-electron chi connectivity index (χ3n) is 15.8. The number of carbonyl (C=O) groups excluding carboxylic acids is 5. The number of aliphatic hydroxyl groups excluding tert-OH is 6. The first-order valence-corrected chi connectivity index (χ1v) is 40.2. The molecule has 0 saturated carbocycles. The number of nitrogens with zero attached hydrogens (tertiary/aromatic N) is 8. The average molecular weight is 1670 g/mol. The fourth-order valence-corrected chi connectivity index (χ4v) is 14.9. The van der Waals surface area contributed by atoms with Crippen LogP contribution in [0.2, 0.25) is 0 Å². The average Bonchev–Trinajstić information content (AvgIpc) is 1.62. The smallest absolute Gasteiger partial charge is 0.274 e. The van der Waals surface area contributed by atoms with Crippen molar-refractivity contribution in [2.45, 2.75) is 155 Å². The van der Waals surface area contributed by atoms with Crippen LogP contribution in [0.5, 0.6) is 0 Å². The van der Waals surface area contributed by atoms with Crippen molar-refractivity contribution >= 4 is 110 Å². The zero-order chi connectivity index (χ0) is 80.8. The molecule has 4 aromatic rings. The quantitative estimate of drug-likeness (QED) is 0.0145. The first-order valence-electron chi connectivity index (χ1n) is 31.5. The molecule has 0 aromatic carbocycles. The molecular formula is C52H82N14O36P6-8. The van der Waals surface area contributed by atoms with Gasteiger partial charge in [-0.3, -0.25) is 51.4 Å². The summed E-state index contributed by atoms with van der Waals surface area (Å²) in [6, 6.07) is 0. The van der Waals surface area contributed by atoms with Crippen LogP contribution >= 0.6 is 46.9 Å². The topological polar surface area (TPSA) is 805 Å². The molecule has 0 bridgehead atoms. The Bertz CT molecular complexity index is 4070. The summed E-state index contributed by atoms with van der Waals surface area (Å²) >= 11 is 0. The molecule has 4 aromatic heterocycles. The van der Waals surface area contributed by atoms with Crippen LogP contribution in [0, 0.1) is 16.7 Å². The van der Waals surface area contributed by atoms with Crippen LogP contribution in [0.1, 0.15) is 93.5 Å². The Labute approximate surface area is 612 Å². The van der Waals surface area contributed by atoms with Crippen LogP contribution < -0.4 is 71.9 Å². The van der Waals surface area contributed by atoms with Crippen molar-refractivity contribution in [1.82, 2.24) is 60.3 Å². The van der Waals surface area contributed by atoms with E-state index in [2.05, 4.69) is 86.9 Å². The normalized spacial score (nSPS) is 23.0. The minimum atomic E-state index is -5.92. The highest BCUT2D eigenvalue weighted by molar-refractivity contribution is 7.60. The SMILES string of the molecule is C/C=C(\C)C(=O)CCNC(=O)CCNC(=O)C(O)C(C)(C)COP(=O)([O-])OP(=O)([O-])OCC1OC(n2cnc3c(N)ncnc32)C(O)C1OP(=O)([O-])[O-].CC(O)C(C)C(O)CCNC(=O)CCNC(=O)C(O)C(C)(C)COP(=O)([O-])OP(=O)([O-])OCC1OC(n2cnc3c(N)ncnc32)C(O)C1OP(=O)([O-])[O-].O. The van der Waals surface area contributed by atoms with Gasteiger partial charge in [0.2, 0.25) is 23.6 Å². The van der Waals surface area contributed by atoms with Crippen molar-refractivity contribution in [3.8, 4) is 0 Å². The minimum Gasteiger partial charge on any atom is -0.790 e. The molecule has 17 atom stereocenters. The van der Waals surface area contributed by atoms with E-state index in [1.54, 1.807) is 26.8 Å². The molecule has 0 radical (unpaired) electrons. The third kappa shape index (κ3) is 28.5. The molecular weight excluding hydrogens is 1580 g/mol. The van der Waals surface area contributed by atoms with Gasteiger partial charge < -0.3 is 154 Å². The predicted molar refractivity (Wildman–Crippen MR) is 346 cm³/mol. The lowest BCUT2D eigenvalue weighted by atomic mass is 9.87. The van der Waals surface area contributed by atoms with Crippen molar-refractivity contribution in [2.24, 2.45) is 16.7 Å². The van der Waals surface area contributed by atoms with E-state index in [0.29, 0.717) is 5.57 Å². The Morgan fingerprint density at radius 2 is 0.944 bits per heavy atom. The second-order valence-corrected chi connectivity index (χ2v) is 33.2. The summed E-state index contributed by atoms with van der Waals surface area (Å²) in [5, 5.41) is 71.6. The maximum absolute atomic E-state index is 12.5. The number of nitrogens with two attached hydrogens (primary N) is 2. The van der Waals surface area contributed by atoms with Gasteiger partial charge in [-0.25, -0.2) is 38.5 Å². The zero-order valence-corrected chi connectivity index (χ0v) is 63.7. The van der Waals surface area contributed by atoms with Gasteiger partial charge in [-0.1, -0.05) is 40.7 Å². The number of hydrogen-bond acceptors (Lipinski definition) is 43. The molecule has 614 valence electrons. The van der Waals surface area contributed by atoms with Gasteiger partial charge in [0.05, 0.1) is 66.9 Å². The molecule has 50 nitrogen and oxygen atoms in total. The highest BCUT2D eigenvalue weighted by Gasteiger charge is 2.49. The number of allylic oxidation sites excluding steroid dienone is 2. The summed E-state index contributed by atoms with van der Waals surface area (Å²) < 4.78 is 121. The van der Waals surface area contributed by atoms with Crippen molar-refractivity contribution < 1.29 is 172 Å². The molecule has 6 heterocycles. The van der Waals surface area contributed by atoms with Crippen molar-refractivity contribution in [1.29, 1.82) is 0 Å². The van der Waals surface area contributed by atoms with Crippen LogP contribution in [0.15, 0.2) is 37.0 Å². The lowest BCUT2D eigenvalue weighted by molar-refractivity contribution is -0.348. The number of aromatic nitrogens is 8. The maximum atomic E-state index is 12.5. The largest absolute Gasteiger partial charge is 0.790 e. The standard InChI is InChI=1S/C26H46N7O18P3.C26H42N7O17P3.H2O/c1-13(14(2)34)15(35)5-7-28-17(36)6-8-29-24(39)21(38)26(3,4)10-48-54(45,46)51-53(43,44)47-9-16-20(50-52(40,41)42)19(37)25(49-16)33-12-32-18-22(27)30-11-31-23(18)33;1-5-14(2)15(34)6-8-28-17(35)7-9-29-24(38)21(37)26(3,4)11-47-53(44,45)50-52(42,43)46-10-16-20(49-51(39,40)41)19(36)25(48-16)33-13-32-18-22(27)30-12-31-23(18)33;/h11-16,19-21,25,34-35,37-38H,5-10H2,1-4H3,(H,28,36)(H,29,39)(H,43,44)(H,45,46)(H2,27,30,31)(H2,40,41,42);5,12-13,16,19-21,25,36-37H,6-11H2,1-4H3,(H,28,35)(H,29,38)(H,42,43)(H,44,45)(H2,27,30,31)(H2,39,40,41);1H2/p-8/b;14-5+;. The number of anilines is 2. The van der Waals surface area contributed by atoms with Crippen LogP contribution in [0.25, 0.3) is 22.3 Å². The fourth-order valence-electron chi connectivity index (χ4n) is 9.45. The van der Waals surface area contributed by atoms with E-state index < -0.39 is 187 Å². The Morgan fingerprint density at radius 1 is 0.583 bits per heavy atom. The summed E-state index contributed by atoms with van der Waals surface area (Å²) in [5.41, 5.74) is 8.64. The molecule has 17 unspecified atom stereocenters. The summed E-state index contributed by atoms with van der Waals surface area (Å²) in [4.78, 5) is 179. The molecule has 2 aliphatic rings. The second kappa shape index (κ2) is 39.7. The third-order valence-corrected chi connectivity index (χ3v) is 21.8. The Morgan fingerprint density at radius 3 is 1.31 bits per heavy atom. The number of rotatable bonds is 41. The van der Waals surface area contributed by atoms with E-state index in [-0.39, 0.29) is 97.1 Å². The van der Waals surface area contributed by atoms with Crippen molar-refractivity contribution in [2.75, 3.05) is 64.1 Å². The summed E-state index contributed by atoms with van der Waals surface area (Å²) in [6.45, 7) is 6.37. The van der Waals surface area contributed by atoms with Gasteiger partial charge in [0.1, 0.15) is 72.5 Å². The predicted octanol–water partition coefficient (Wildman–Crippen LogP) is -8.38. The van der Waals surface area contributed by atoms with E-state index in [9.17, 15) is 121 Å². The molecule has 4 amide bonds. The summed E-state index contributed by atoms with van der Waals surface area (Å²) in [7, 11) is -35.2. The number of nitrogen functional groups attached to an aromatic ring is 2. The van der Waals surface area contributed by atoms with Gasteiger partial charge in [-0.2, -0.15) is 0 Å². The minimum absolute atomic E-state index is 0. The van der Waals surface area contributed by atoms with E-state index in [1.165, 1.54) is 34.6 Å². The van der Waals surface area contributed by atoms with Gasteiger partial charge in [-0.15, -0.1) is 0 Å². The monoisotopic (exact) mass is 1660 g/mol. The highest BCUT2D eigenvalue weighted by atomic mass is 31.3. The number of imidazole rings is 2. The van der Waals surface area contributed by atoms with Gasteiger partial charge in [0.15, 0.2) is 41.2 Å². The number of ether oxygens (including phenoxy) is 2. The van der Waals surface area contributed by atoms with E-state index >= 15 is 0 Å². The number of carbonyl (C=O) groups is 5. The summed E-state index contributed by atoms with van der Waals surface area (Å²) in [5.74, 6) is -3.79. The lowest BCUT2D eigenvalue weighted by Crippen LogP contribution is -2.46. The number of ketones is 1. The maximum Gasteiger partial charge on any atom is 0.274 e. The molecule has 108 heavy (non-hydrogen) atoms. The number of phosphoric acid groups is 6. The van der Waals surface area contributed by atoms with Crippen LogP contribution in [0.4, 0.5) is 11.6 Å². The van der Waals surface area contributed by atoms with Crippen LogP contribution in [0.3, 0.4) is 0 Å². The van der Waals surface area contributed by atoms with Crippen molar-refractivity contribution in [3.63, 3.8) is 0 Å². The number of nitrogens with one attached hydrogen (secondary N) is 4. The lowest BCUT2D eigenvalue weighted by Gasteiger charge is -2.36. The number of hydrogen-bond donors (Lipinski definition) is 12. The second-order valence-electron chi connectivity index (χ2n) is 25.1. The van der Waals surface area contributed by atoms with E-state index in [4.69, 9.17) is 20.9 Å².